The molecule has 0 amide bonds. The zero-order chi connectivity index (χ0) is 22.2. The van der Waals surface area contributed by atoms with E-state index in [9.17, 15) is 0 Å². The number of hydrogen-bond donors (Lipinski definition) is 1. The van der Waals surface area contributed by atoms with Crippen LogP contribution in [0.3, 0.4) is 0 Å². The molecule has 33 heavy (non-hydrogen) atoms. The second-order valence-electron chi connectivity index (χ2n) is 9.56. The van der Waals surface area contributed by atoms with E-state index < -0.39 is 0 Å². The standard InChI is InChI=1S/C27H31N5O/c1-19-5-8-24-25(31(19)17-20-6-7-20)10-9-23(27(24)33-26-4-2-3-13-29-26)21-16-30-32(18-21)22-11-14-28-15-12-22/h2-4,9-10,13,16,18-20,22,28H,5-8,11-12,14-15H2,1H3/t19-/m0/s1. The number of fused-ring (bicyclic) bond motifs is 1. The Bertz CT molecular complexity index is 1100. The highest BCUT2D eigenvalue weighted by Crippen LogP contribution is 2.46. The zero-order valence-corrected chi connectivity index (χ0v) is 19.2. The van der Waals surface area contributed by atoms with Gasteiger partial charge in [0, 0.05) is 46.9 Å². The van der Waals surface area contributed by atoms with Crippen LogP contribution in [-0.4, -0.2) is 33.9 Å². The number of benzene rings is 1. The van der Waals surface area contributed by atoms with Gasteiger partial charge < -0.3 is 15.0 Å². The Labute approximate surface area is 196 Å². The Morgan fingerprint density at radius 3 is 2.73 bits per heavy atom. The molecule has 3 aliphatic rings. The fourth-order valence-electron chi connectivity index (χ4n) is 5.01. The molecule has 1 N–H and O–H groups in total. The molecule has 1 saturated carbocycles. The molecule has 6 heteroatoms. The van der Waals surface area contributed by atoms with Crippen molar-refractivity contribution in [3.8, 4) is 22.8 Å². The molecule has 2 aromatic heterocycles. The Kier molecular flexibility index (Phi) is 5.54. The predicted octanol–water partition coefficient (Wildman–Crippen LogP) is 5.25. The molecule has 4 heterocycles. The molecule has 0 bridgehead atoms. The van der Waals surface area contributed by atoms with Crippen LogP contribution in [-0.2, 0) is 6.42 Å². The van der Waals surface area contributed by atoms with E-state index in [1.54, 1.807) is 6.20 Å². The smallest absolute Gasteiger partial charge is 0.219 e. The number of rotatable bonds is 6. The van der Waals surface area contributed by atoms with Gasteiger partial charge in [-0.3, -0.25) is 4.68 Å². The molecular weight excluding hydrogens is 410 g/mol. The molecule has 2 fully saturated rings. The van der Waals surface area contributed by atoms with Crippen molar-refractivity contribution in [2.75, 3.05) is 18.0 Å². The highest BCUT2D eigenvalue weighted by molar-refractivity contribution is 5.78. The topological polar surface area (TPSA) is 55.2 Å². The van der Waals surface area contributed by atoms with E-state index in [0.29, 0.717) is 23.9 Å². The summed E-state index contributed by atoms with van der Waals surface area (Å²) in [4.78, 5) is 6.81. The van der Waals surface area contributed by atoms with E-state index in [2.05, 4.69) is 51.7 Å². The van der Waals surface area contributed by atoms with Gasteiger partial charge in [0.15, 0.2) is 0 Å². The second kappa shape index (κ2) is 8.82. The SMILES string of the molecule is C[C@H]1CCc2c(ccc(-c3cnn(C4CCNCC4)c3)c2Oc2ccccn2)N1[C]C1CC1. The summed E-state index contributed by atoms with van der Waals surface area (Å²) >= 11 is 0. The number of pyridine rings is 1. The summed E-state index contributed by atoms with van der Waals surface area (Å²) in [6.45, 7) is 8.14. The van der Waals surface area contributed by atoms with Crippen LogP contribution in [0, 0.1) is 12.5 Å². The molecular formula is C27H31N5O. The maximum Gasteiger partial charge on any atom is 0.219 e. The molecule has 1 saturated heterocycles. The predicted molar refractivity (Wildman–Crippen MR) is 129 cm³/mol. The van der Waals surface area contributed by atoms with Crippen molar-refractivity contribution in [1.82, 2.24) is 20.1 Å². The van der Waals surface area contributed by atoms with Gasteiger partial charge in [-0.15, -0.1) is 0 Å². The van der Waals surface area contributed by atoms with Crippen molar-refractivity contribution in [2.24, 2.45) is 5.92 Å². The Balaban J connectivity index is 1.41. The maximum absolute atomic E-state index is 6.51. The minimum absolute atomic E-state index is 0.453. The lowest BCUT2D eigenvalue weighted by Crippen LogP contribution is -2.35. The van der Waals surface area contributed by atoms with Crippen molar-refractivity contribution in [2.45, 2.75) is 57.5 Å². The maximum atomic E-state index is 6.51. The van der Waals surface area contributed by atoms with Crippen LogP contribution < -0.4 is 15.0 Å². The molecule has 6 rings (SSSR count). The van der Waals surface area contributed by atoms with Crippen LogP contribution in [0.25, 0.3) is 11.1 Å². The summed E-state index contributed by atoms with van der Waals surface area (Å²) in [6.07, 6.45) is 12.8. The van der Waals surface area contributed by atoms with Crippen molar-refractivity contribution >= 4 is 5.69 Å². The van der Waals surface area contributed by atoms with Crippen molar-refractivity contribution < 1.29 is 4.74 Å². The van der Waals surface area contributed by atoms with Gasteiger partial charge in [-0.25, -0.2) is 4.98 Å². The van der Waals surface area contributed by atoms with Crippen molar-refractivity contribution in [3.05, 3.63) is 61.0 Å². The van der Waals surface area contributed by atoms with Gasteiger partial charge in [-0.1, -0.05) is 6.07 Å². The van der Waals surface area contributed by atoms with E-state index in [-0.39, 0.29) is 0 Å². The van der Waals surface area contributed by atoms with E-state index in [1.807, 2.05) is 24.4 Å². The molecule has 3 aromatic rings. The first kappa shape index (κ1) is 20.7. The lowest BCUT2D eigenvalue weighted by atomic mass is 9.92. The molecule has 2 radical (unpaired) electrons. The summed E-state index contributed by atoms with van der Waals surface area (Å²) in [5.74, 6) is 2.13. The lowest BCUT2D eigenvalue weighted by Gasteiger charge is -2.37. The van der Waals surface area contributed by atoms with Gasteiger partial charge in [-0.05, 0) is 82.7 Å². The van der Waals surface area contributed by atoms with Crippen LogP contribution in [0.15, 0.2) is 48.9 Å². The first-order valence-electron chi connectivity index (χ1n) is 12.3. The van der Waals surface area contributed by atoms with Crippen molar-refractivity contribution in [3.63, 3.8) is 0 Å². The summed E-state index contributed by atoms with van der Waals surface area (Å²) in [5, 5.41) is 8.19. The normalized spacial score (nSPS) is 21.1. The Morgan fingerprint density at radius 1 is 1.06 bits per heavy atom. The fraction of sp³-hybridized carbons (Fsp3) is 0.444. The lowest BCUT2D eigenvalue weighted by molar-refractivity contribution is 0.343. The minimum atomic E-state index is 0.453. The van der Waals surface area contributed by atoms with E-state index in [1.165, 1.54) is 24.1 Å². The quantitative estimate of drug-likeness (QED) is 0.566. The molecule has 1 aromatic carbocycles. The third kappa shape index (κ3) is 4.24. The van der Waals surface area contributed by atoms with Crippen molar-refractivity contribution in [1.29, 1.82) is 0 Å². The first-order valence-corrected chi connectivity index (χ1v) is 12.3. The highest BCUT2D eigenvalue weighted by atomic mass is 16.5. The summed E-state index contributed by atoms with van der Waals surface area (Å²) in [7, 11) is 0. The van der Waals surface area contributed by atoms with Gasteiger partial charge in [0.2, 0.25) is 5.88 Å². The average molecular weight is 442 g/mol. The average Bonchev–Trinajstić information content (AvgIpc) is 3.55. The number of aromatic nitrogens is 3. The molecule has 0 unspecified atom stereocenters. The third-order valence-corrected chi connectivity index (χ3v) is 7.09. The fourth-order valence-corrected chi connectivity index (χ4v) is 5.01. The highest BCUT2D eigenvalue weighted by Gasteiger charge is 2.33. The molecule has 1 aliphatic carbocycles. The molecule has 2 aliphatic heterocycles. The second-order valence-corrected chi connectivity index (χ2v) is 9.56. The van der Waals surface area contributed by atoms with Crippen LogP contribution >= 0.6 is 0 Å². The summed E-state index contributed by atoms with van der Waals surface area (Å²) in [5.41, 5.74) is 4.66. The van der Waals surface area contributed by atoms with Crippen LogP contribution in [0.4, 0.5) is 5.69 Å². The first-order chi connectivity index (χ1) is 16.3. The number of hydrogen-bond acceptors (Lipinski definition) is 5. The number of anilines is 1. The van der Waals surface area contributed by atoms with Gasteiger partial charge >= 0.3 is 0 Å². The third-order valence-electron chi connectivity index (χ3n) is 7.09. The van der Waals surface area contributed by atoms with E-state index in [0.717, 1.165) is 55.6 Å². The summed E-state index contributed by atoms with van der Waals surface area (Å²) < 4.78 is 8.65. The van der Waals surface area contributed by atoms with Gasteiger partial charge in [0.05, 0.1) is 18.8 Å². The largest absolute Gasteiger partial charge is 0.438 e. The van der Waals surface area contributed by atoms with Crippen LogP contribution in [0.5, 0.6) is 11.6 Å². The monoisotopic (exact) mass is 441 g/mol. The number of nitrogens with zero attached hydrogens (tertiary/aromatic N) is 4. The Morgan fingerprint density at radius 2 is 1.94 bits per heavy atom. The van der Waals surface area contributed by atoms with Crippen LogP contribution in [0.2, 0.25) is 0 Å². The Hall–Kier alpha value is -2.86. The van der Waals surface area contributed by atoms with Gasteiger partial charge in [0.25, 0.3) is 0 Å². The van der Waals surface area contributed by atoms with E-state index in [4.69, 9.17) is 9.84 Å². The zero-order valence-electron chi connectivity index (χ0n) is 19.2. The van der Waals surface area contributed by atoms with Gasteiger partial charge in [0.1, 0.15) is 5.75 Å². The molecule has 170 valence electrons. The molecule has 6 nitrogen and oxygen atoms in total. The molecule has 1 atom stereocenters. The molecule has 0 spiro atoms. The summed E-state index contributed by atoms with van der Waals surface area (Å²) in [6, 6.07) is 11.2. The van der Waals surface area contributed by atoms with E-state index >= 15 is 0 Å². The van der Waals surface area contributed by atoms with Gasteiger partial charge in [-0.2, -0.15) is 5.10 Å². The van der Waals surface area contributed by atoms with Crippen LogP contribution in [0.1, 0.15) is 50.6 Å². The number of nitrogens with one attached hydrogen (secondary N) is 1. The minimum Gasteiger partial charge on any atom is -0.438 e. The number of ether oxygens (including phenoxy) is 1. The number of piperidine rings is 1.